The Bertz CT molecular complexity index is 181. The third-order valence-corrected chi connectivity index (χ3v) is 4.26. The zero-order chi connectivity index (χ0) is 11.2. The van der Waals surface area contributed by atoms with Crippen LogP contribution in [0.25, 0.3) is 0 Å². The fraction of sp³-hybridized carbons (Fsp3) is 1.00. The Morgan fingerprint density at radius 2 is 1.94 bits per heavy atom. The molecule has 0 bridgehead atoms. The van der Waals surface area contributed by atoms with E-state index in [2.05, 4.69) is 12.2 Å². The summed E-state index contributed by atoms with van der Waals surface area (Å²) in [7, 11) is 0. The largest absolute Gasteiger partial charge is 0.377 e. The summed E-state index contributed by atoms with van der Waals surface area (Å²) >= 11 is 0. The van der Waals surface area contributed by atoms with E-state index in [0.717, 1.165) is 25.0 Å². The summed E-state index contributed by atoms with van der Waals surface area (Å²) in [6, 6.07) is 0. The third-order valence-electron chi connectivity index (χ3n) is 4.26. The average molecular weight is 225 g/mol. The van der Waals surface area contributed by atoms with E-state index in [1.165, 1.54) is 51.5 Å². The highest BCUT2D eigenvalue weighted by Crippen LogP contribution is 2.29. The van der Waals surface area contributed by atoms with Gasteiger partial charge in [-0.25, -0.2) is 0 Å². The van der Waals surface area contributed by atoms with Gasteiger partial charge in [-0.2, -0.15) is 0 Å². The Balaban J connectivity index is 1.48. The van der Waals surface area contributed by atoms with E-state index in [-0.39, 0.29) is 0 Å². The minimum atomic E-state index is 0.506. The molecule has 0 spiro atoms. The van der Waals surface area contributed by atoms with Crippen LogP contribution in [0.4, 0.5) is 0 Å². The van der Waals surface area contributed by atoms with E-state index in [9.17, 15) is 0 Å². The molecule has 0 radical (unpaired) electrons. The molecule has 1 unspecified atom stereocenters. The molecule has 94 valence electrons. The first-order valence-corrected chi connectivity index (χ1v) is 7.17. The van der Waals surface area contributed by atoms with Gasteiger partial charge in [0, 0.05) is 13.2 Å². The lowest BCUT2D eigenvalue weighted by Gasteiger charge is -2.26. The lowest BCUT2D eigenvalue weighted by molar-refractivity contribution is 0.109. The molecule has 2 rings (SSSR count). The molecule has 0 aromatic rings. The van der Waals surface area contributed by atoms with Crippen molar-refractivity contribution in [3.8, 4) is 0 Å². The van der Waals surface area contributed by atoms with Crippen molar-refractivity contribution in [3.05, 3.63) is 0 Å². The normalized spacial score (nSPS) is 35.4. The molecule has 0 aromatic carbocycles. The van der Waals surface area contributed by atoms with Gasteiger partial charge in [-0.15, -0.1) is 0 Å². The lowest BCUT2D eigenvalue weighted by Crippen LogP contribution is -2.28. The van der Waals surface area contributed by atoms with Gasteiger partial charge >= 0.3 is 0 Å². The molecule has 2 aliphatic rings. The summed E-state index contributed by atoms with van der Waals surface area (Å²) in [4.78, 5) is 0. The highest BCUT2D eigenvalue weighted by atomic mass is 16.5. The van der Waals surface area contributed by atoms with Gasteiger partial charge in [0.1, 0.15) is 0 Å². The summed E-state index contributed by atoms with van der Waals surface area (Å²) < 4.78 is 5.60. The van der Waals surface area contributed by atoms with E-state index in [0.29, 0.717) is 6.10 Å². The fourth-order valence-corrected chi connectivity index (χ4v) is 2.99. The van der Waals surface area contributed by atoms with E-state index in [1.807, 2.05) is 0 Å². The van der Waals surface area contributed by atoms with Crippen LogP contribution in [0.15, 0.2) is 0 Å². The Morgan fingerprint density at radius 3 is 2.62 bits per heavy atom. The monoisotopic (exact) mass is 225 g/mol. The molecule has 2 nitrogen and oxygen atoms in total. The molecular formula is C14H27NO. The Morgan fingerprint density at radius 1 is 1.12 bits per heavy atom. The van der Waals surface area contributed by atoms with Crippen LogP contribution in [0, 0.1) is 11.8 Å². The second-order valence-electron chi connectivity index (χ2n) is 5.75. The van der Waals surface area contributed by atoms with Gasteiger partial charge in [-0.1, -0.05) is 32.6 Å². The molecule has 1 aliphatic heterocycles. The zero-order valence-electron chi connectivity index (χ0n) is 10.7. The Labute approximate surface area is 100 Å². The number of hydrogen-bond acceptors (Lipinski definition) is 2. The third kappa shape index (κ3) is 4.06. The average Bonchev–Trinajstić information content (AvgIpc) is 2.80. The quantitative estimate of drug-likeness (QED) is 0.726. The standard InChI is InChI=1S/C14H27NO/c1-12-4-6-13(7-5-12)8-9-15-11-14-3-2-10-16-14/h12-15H,2-11H2,1H3. The van der Waals surface area contributed by atoms with Crippen molar-refractivity contribution in [2.45, 2.75) is 58.0 Å². The second-order valence-corrected chi connectivity index (χ2v) is 5.75. The molecule has 2 fully saturated rings. The first kappa shape index (κ1) is 12.4. The fourth-order valence-electron chi connectivity index (χ4n) is 2.99. The predicted octanol–water partition coefficient (Wildman–Crippen LogP) is 2.97. The minimum Gasteiger partial charge on any atom is -0.377 e. The molecular weight excluding hydrogens is 198 g/mol. The van der Waals surface area contributed by atoms with Crippen LogP contribution in [0.3, 0.4) is 0 Å². The van der Waals surface area contributed by atoms with Crippen LogP contribution in [-0.2, 0) is 4.74 Å². The van der Waals surface area contributed by atoms with Crippen molar-refractivity contribution < 1.29 is 4.74 Å². The Kier molecular flexibility index (Phi) is 5.11. The van der Waals surface area contributed by atoms with Crippen LogP contribution in [0.5, 0.6) is 0 Å². The first-order valence-electron chi connectivity index (χ1n) is 7.17. The van der Waals surface area contributed by atoms with Crippen LogP contribution in [0.2, 0.25) is 0 Å². The zero-order valence-corrected chi connectivity index (χ0v) is 10.7. The van der Waals surface area contributed by atoms with Gasteiger partial charge in [0.15, 0.2) is 0 Å². The summed E-state index contributed by atoms with van der Waals surface area (Å²) in [5.41, 5.74) is 0. The molecule has 1 saturated heterocycles. The molecule has 0 aromatic heterocycles. The molecule has 2 heteroatoms. The van der Waals surface area contributed by atoms with Crippen LogP contribution >= 0.6 is 0 Å². The maximum absolute atomic E-state index is 5.60. The molecule has 1 heterocycles. The molecule has 1 saturated carbocycles. The van der Waals surface area contributed by atoms with Crippen LogP contribution in [0.1, 0.15) is 51.9 Å². The summed E-state index contributed by atoms with van der Waals surface area (Å²) in [6.07, 6.45) is 10.2. The number of ether oxygens (including phenoxy) is 1. The number of hydrogen-bond donors (Lipinski definition) is 1. The highest BCUT2D eigenvalue weighted by Gasteiger charge is 2.18. The summed E-state index contributed by atoms with van der Waals surface area (Å²) in [6.45, 7) is 5.64. The highest BCUT2D eigenvalue weighted by molar-refractivity contribution is 4.72. The van der Waals surface area contributed by atoms with Gasteiger partial charge in [0.05, 0.1) is 6.10 Å². The van der Waals surface area contributed by atoms with Gasteiger partial charge < -0.3 is 10.1 Å². The van der Waals surface area contributed by atoms with Crippen molar-refractivity contribution in [3.63, 3.8) is 0 Å². The van der Waals surface area contributed by atoms with Crippen molar-refractivity contribution in [2.75, 3.05) is 19.7 Å². The van der Waals surface area contributed by atoms with Gasteiger partial charge in [-0.05, 0) is 37.6 Å². The van der Waals surface area contributed by atoms with Crippen molar-refractivity contribution in [1.29, 1.82) is 0 Å². The Hall–Kier alpha value is -0.0800. The predicted molar refractivity (Wildman–Crippen MR) is 67.6 cm³/mol. The first-order chi connectivity index (χ1) is 7.84. The smallest absolute Gasteiger partial charge is 0.0700 e. The van der Waals surface area contributed by atoms with Crippen molar-refractivity contribution in [1.82, 2.24) is 5.32 Å². The van der Waals surface area contributed by atoms with E-state index < -0.39 is 0 Å². The van der Waals surface area contributed by atoms with Gasteiger partial charge in [0.25, 0.3) is 0 Å². The van der Waals surface area contributed by atoms with Gasteiger partial charge in [-0.3, -0.25) is 0 Å². The maximum Gasteiger partial charge on any atom is 0.0700 e. The molecule has 1 aliphatic carbocycles. The van der Waals surface area contributed by atoms with E-state index in [1.54, 1.807) is 0 Å². The minimum absolute atomic E-state index is 0.506. The van der Waals surface area contributed by atoms with E-state index in [4.69, 9.17) is 4.74 Å². The van der Waals surface area contributed by atoms with Crippen LogP contribution < -0.4 is 5.32 Å². The SMILES string of the molecule is CC1CCC(CCNCC2CCCO2)CC1. The number of nitrogens with one attached hydrogen (secondary N) is 1. The molecule has 0 amide bonds. The second kappa shape index (κ2) is 6.61. The summed E-state index contributed by atoms with van der Waals surface area (Å²) in [5.74, 6) is 1.98. The molecule has 1 N–H and O–H groups in total. The molecule has 1 atom stereocenters. The topological polar surface area (TPSA) is 21.3 Å². The maximum atomic E-state index is 5.60. The van der Waals surface area contributed by atoms with E-state index >= 15 is 0 Å². The van der Waals surface area contributed by atoms with Crippen molar-refractivity contribution >= 4 is 0 Å². The van der Waals surface area contributed by atoms with Crippen molar-refractivity contribution in [2.24, 2.45) is 11.8 Å². The van der Waals surface area contributed by atoms with Gasteiger partial charge in [0.2, 0.25) is 0 Å². The summed E-state index contributed by atoms with van der Waals surface area (Å²) in [5, 5.41) is 3.56. The van der Waals surface area contributed by atoms with Crippen LogP contribution in [-0.4, -0.2) is 25.8 Å². The lowest BCUT2D eigenvalue weighted by atomic mass is 9.81. The number of rotatable bonds is 5. The molecule has 16 heavy (non-hydrogen) atoms.